The molecule has 0 aromatic rings. The van der Waals surface area contributed by atoms with E-state index >= 15 is 0 Å². The summed E-state index contributed by atoms with van der Waals surface area (Å²) in [5, 5.41) is 3.27. The number of aromatic amines is 1. The van der Waals surface area contributed by atoms with Gasteiger partial charge in [-0.1, -0.05) is 32.1 Å². The third-order valence-electron chi connectivity index (χ3n) is 5.26. The van der Waals surface area contributed by atoms with Gasteiger partial charge in [-0.25, -0.2) is 15.0 Å². The van der Waals surface area contributed by atoms with Crippen molar-refractivity contribution in [1.82, 2.24) is 19.9 Å². The van der Waals surface area contributed by atoms with Crippen molar-refractivity contribution < 1.29 is 0 Å². The molecule has 0 saturated heterocycles. The molecule has 0 aromatic heterocycles. The zero-order chi connectivity index (χ0) is 14.9. The van der Waals surface area contributed by atoms with Crippen LogP contribution in [0.4, 0.5) is 5.82 Å². The first kappa shape index (κ1) is 14.0. The maximum atomic E-state index is 4.77. The molecule has 118 valence electrons. The number of nitrogens with zero attached hydrogens (tertiary/aromatic N) is 3. The zero-order valence-electron chi connectivity index (χ0n) is 13.3. The van der Waals surface area contributed by atoms with E-state index in [4.69, 9.17) is 9.97 Å². The molecule has 0 radical (unpaired) electrons. The van der Waals surface area contributed by atoms with Gasteiger partial charge in [-0.3, -0.25) is 0 Å². The molecule has 5 heteroatoms. The number of fused-ring (bicyclic) bond motifs is 1. The molecule has 2 aliphatic carbocycles. The molecular weight excluding hydrogens is 274 g/mol. The highest BCUT2D eigenvalue weighted by molar-refractivity contribution is 5.67. The van der Waals surface area contributed by atoms with Crippen LogP contribution in [0.2, 0.25) is 0 Å². The van der Waals surface area contributed by atoms with Crippen molar-refractivity contribution in [2.45, 2.75) is 57.8 Å². The Bertz CT molecular complexity index is 601. The highest BCUT2D eigenvalue weighted by Gasteiger charge is 2.42. The molecule has 0 aromatic carbocycles. The van der Waals surface area contributed by atoms with Crippen molar-refractivity contribution >= 4 is 5.82 Å². The summed E-state index contributed by atoms with van der Waals surface area (Å²) in [5.41, 5.74) is 0.891. The van der Waals surface area contributed by atoms with Crippen molar-refractivity contribution in [1.29, 1.82) is 0 Å². The summed E-state index contributed by atoms with van der Waals surface area (Å²) in [6.07, 6.45) is 11.6. The second-order valence-corrected chi connectivity index (χ2v) is 6.90. The lowest BCUT2D eigenvalue weighted by Crippen LogP contribution is -2.07. The molecule has 4 rings (SSSR count). The van der Waals surface area contributed by atoms with Crippen LogP contribution in [-0.2, 0) is 0 Å². The molecular formula is C17H25N5. The van der Waals surface area contributed by atoms with Crippen LogP contribution in [0.25, 0.3) is 11.5 Å². The van der Waals surface area contributed by atoms with Crippen molar-refractivity contribution in [3.63, 3.8) is 0 Å². The number of hydrogen-bond donors (Lipinski definition) is 2. The Kier molecular flexibility index (Phi) is 3.72. The van der Waals surface area contributed by atoms with Crippen molar-refractivity contribution in [3.05, 3.63) is 12.2 Å². The summed E-state index contributed by atoms with van der Waals surface area (Å²) in [4.78, 5) is 16.9. The largest absolute Gasteiger partial charge is 0.368 e. The molecule has 2 unspecified atom stereocenters. The van der Waals surface area contributed by atoms with Gasteiger partial charge in [0.05, 0.1) is 6.33 Å². The molecule has 2 saturated carbocycles. The summed E-state index contributed by atoms with van der Waals surface area (Å²) in [5.74, 6) is 5.09. The third kappa shape index (κ3) is 2.69. The molecule has 2 fully saturated rings. The summed E-state index contributed by atoms with van der Waals surface area (Å²) in [6.45, 7) is 2.92. The standard InChI is InChI=1S/C17H25N5/c1-2-18-16-14-17(20-10-19-16)22-15(21-14)13-9-12(13)8-11-6-4-3-5-7-11/h10-13H,2-9H2,1H3,(H2,18,19,20,21,22). The summed E-state index contributed by atoms with van der Waals surface area (Å²) >= 11 is 0. The van der Waals surface area contributed by atoms with Gasteiger partial charge in [0.2, 0.25) is 0 Å². The van der Waals surface area contributed by atoms with E-state index in [1.54, 1.807) is 6.33 Å². The van der Waals surface area contributed by atoms with Crippen LogP contribution in [0, 0.1) is 11.8 Å². The van der Waals surface area contributed by atoms with E-state index in [1.807, 2.05) is 0 Å². The molecule has 0 bridgehead atoms. The van der Waals surface area contributed by atoms with E-state index in [-0.39, 0.29) is 0 Å². The second-order valence-electron chi connectivity index (χ2n) is 6.90. The van der Waals surface area contributed by atoms with Gasteiger partial charge in [0, 0.05) is 12.5 Å². The van der Waals surface area contributed by atoms with Crippen LogP contribution < -0.4 is 5.32 Å². The van der Waals surface area contributed by atoms with E-state index < -0.39 is 0 Å². The van der Waals surface area contributed by atoms with Gasteiger partial charge in [0.25, 0.3) is 0 Å². The smallest absolute Gasteiger partial charge is 0.163 e. The predicted octanol–water partition coefficient (Wildman–Crippen LogP) is 3.81. The number of imidazole rings is 1. The maximum absolute atomic E-state index is 4.77. The molecule has 4 aliphatic rings. The summed E-state index contributed by atoms with van der Waals surface area (Å²) < 4.78 is 0. The normalized spacial score (nSPS) is 25.5. The van der Waals surface area contributed by atoms with Gasteiger partial charge in [0.1, 0.15) is 5.82 Å². The molecule has 22 heavy (non-hydrogen) atoms. The highest BCUT2D eigenvalue weighted by Crippen LogP contribution is 2.52. The Morgan fingerprint density at radius 2 is 2.09 bits per heavy atom. The summed E-state index contributed by atoms with van der Waals surface area (Å²) in [7, 11) is 0. The van der Waals surface area contributed by atoms with Gasteiger partial charge < -0.3 is 10.3 Å². The predicted molar refractivity (Wildman–Crippen MR) is 87.0 cm³/mol. The second kappa shape index (κ2) is 5.86. The third-order valence-corrected chi connectivity index (χ3v) is 5.26. The number of rotatable bonds is 5. The average molecular weight is 299 g/mol. The quantitative estimate of drug-likeness (QED) is 0.881. The lowest BCUT2D eigenvalue weighted by molar-refractivity contribution is 0.323. The zero-order valence-corrected chi connectivity index (χ0v) is 13.3. The average Bonchev–Trinajstić information content (AvgIpc) is 3.16. The lowest BCUT2D eigenvalue weighted by Gasteiger charge is -2.21. The van der Waals surface area contributed by atoms with E-state index in [2.05, 4.69) is 22.2 Å². The van der Waals surface area contributed by atoms with Crippen LogP contribution in [-0.4, -0.2) is 26.5 Å². The molecule has 5 nitrogen and oxygen atoms in total. The first-order chi connectivity index (χ1) is 10.8. The first-order valence-corrected chi connectivity index (χ1v) is 8.80. The Morgan fingerprint density at radius 3 is 2.91 bits per heavy atom. The monoisotopic (exact) mass is 299 g/mol. The lowest BCUT2D eigenvalue weighted by atomic mass is 9.85. The first-order valence-electron chi connectivity index (χ1n) is 8.80. The highest BCUT2D eigenvalue weighted by atomic mass is 15.1. The Balaban J connectivity index is 1.46. The van der Waals surface area contributed by atoms with Crippen LogP contribution in [0.3, 0.4) is 0 Å². The fourth-order valence-corrected chi connectivity index (χ4v) is 3.98. The maximum Gasteiger partial charge on any atom is 0.163 e. The Hall–Kier alpha value is -1.65. The fraction of sp³-hybridized carbons (Fsp3) is 0.706. The van der Waals surface area contributed by atoms with Crippen LogP contribution in [0.5, 0.6) is 0 Å². The Labute approximate surface area is 131 Å². The number of nitrogens with one attached hydrogen (secondary N) is 2. The van der Waals surface area contributed by atoms with Gasteiger partial charge in [0.15, 0.2) is 17.3 Å². The minimum absolute atomic E-state index is 0.581. The molecule has 2 atom stereocenters. The van der Waals surface area contributed by atoms with Crippen LogP contribution in [0.15, 0.2) is 6.33 Å². The van der Waals surface area contributed by atoms with Crippen LogP contribution >= 0.6 is 0 Å². The van der Waals surface area contributed by atoms with E-state index in [1.165, 1.54) is 44.9 Å². The summed E-state index contributed by atoms with van der Waals surface area (Å²) in [6, 6.07) is 0. The van der Waals surface area contributed by atoms with E-state index in [9.17, 15) is 0 Å². The fourth-order valence-electron chi connectivity index (χ4n) is 3.98. The molecule has 0 spiro atoms. The minimum atomic E-state index is 0.581. The van der Waals surface area contributed by atoms with Crippen LogP contribution in [0.1, 0.15) is 63.6 Å². The molecule has 2 aliphatic heterocycles. The van der Waals surface area contributed by atoms with Gasteiger partial charge in [-0.2, -0.15) is 0 Å². The Morgan fingerprint density at radius 1 is 1.23 bits per heavy atom. The van der Waals surface area contributed by atoms with Gasteiger partial charge >= 0.3 is 0 Å². The molecule has 2 N–H and O–H groups in total. The van der Waals surface area contributed by atoms with Crippen molar-refractivity contribution in [2.24, 2.45) is 11.8 Å². The van der Waals surface area contributed by atoms with Gasteiger partial charge in [-0.15, -0.1) is 0 Å². The number of anilines is 1. The van der Waals surface area contributed by atoms with E-state index in [0.29, 0.717) is 5.92 Å². The van der Waals surface area contributed by atoms with Gasteiger partial charge in [-0.05, 0) is 31.6 Å². The topological polar surface area (TPSA) is 66.5 Å². The number of H-pyrrole nitrogens is 1. The molecule has 2 heterocycles. The van der Waals surface area contributed by atoms with Crippen molar-refractivity contribution in [2.75, 3.05) is 11.9 Å². The van der Waals surface area contributed by atoms with Crippen molar-refractivity contribution in [3.8, 4) is 11.5 Å². The van der Waals surface area contributed by atoms with E-state index in [0.717, 1.165) is 41.5 Å². The SMILES string of the molecule is CCNc1nc[nH]c2nc(C3CC3CC3CCCCC3)nc1-2. The molecule has 0 amide bonds. The minimum Gasteiger partial charge on any atom is -0.368 e. The number of aromatic nitrogens is 4. The number of hydrogen-bond acceptors (Lipinski definition) is 4.